The van der Waals surface area contributed by atoms with E-state index in [9.17, 15) is 5.11 Å². The predicted molar refractivity (Wildman–Crippen MR) is 72.6 cm³/mol. The highest BCUT2D eigenvalue weighted by Gasteiger charge is 2.19. The first-order valence-corrected chi connectivity index (χ1v) is 6.24. The van der Waals surface area contributed by atoms with E-state index in [1.54, 1.807) is 10.9 Å². The van der Waals surface area contributed by atoms with E-state index in [0.717, 1.165) is 17.7 Å². The van der Waals surface area contributed by atoms with Crippen molar-refractivity contribution in [2.75, 3.05) is 0 Å². The standard InChI is InChI=1S/C15H20N2O/c1-15(2,3)9-14(18)12-10-16-17(11-12)13-7-5-4-6-8-13/h4-8,10-11,14,18H,9H2,1-3H3. The van der Waals surface area contributed by atoms with E-state index in [0.29, 0.717) is 0 Å². The molecule has 2 rings (SSSR count). The van der Waals surface area contributed by atoms with E-state index in [1.807, 2.05) is 36.5 Å². The SMILES string of the molecule is CC(C)(C)CC(O)c1cnn(-c2ccccc2)c1. The molecule has 0 bridgehead atoms. The fraction of sp³-hybridized carbons (Fsp3) is 0.400. The number of aliphatic hydroxyl groups is 1. The zero-order valence-electron chi connectivity index (χ0n) is 11.2. The minimum absolute atomic E-state index is 0.105. The van der Waals surface area contributed by atoms with Gasteiger partial charge in [-0.3, -0.25) is 0 Å². The van der Waals surface area contributed by atoms with Gasteiger partial charge in [0.1, 0.15) is 0 Å². The lowest BCUT2D eigenvalue weighted by Crippen LogP contribution is -2.11. The number of benzene rings is 1. The Kier molecular flexibility index (Phi) is 3.53. The average molecular weight is 244 g/mol. The van der Waals surface area contributed by atoms with Crippen LogP contribution in [0.5, 0.6) is 0 Å². The van der Waals surface area contributed by atoms with Gasteiger partial charge in [-0.05, 0) is 24.0 Å². The summed E-state index contributed by atoms with van der Waals surface area (Å²) in [5.74, 6) is 0. The Morgan fingerprint density at radius 2 is 1.89 bits per heavy atom. The molecule has 0 saturated carbocycles. The smallest absolute Gasteiger partial charge is 0.0825 e. The maximum Gasteiger partial charge on any atom is 0.0825 e. The Labute approximate surface area is 108 Å². The number of aliphatic hydroxyl groups excluding tert-OH is 1. The third kappa shape index (κ3) is 3.20. The zero-order chi connectivity index (χ0) is 13.2. The summed E-state index contributed by atoms with van der Waals surface area (Å²) in [5.41, 5.74) is 1.98. The molecule has 1 aromatic heterocycles. The molecule has 3 nitrogen and oxygen atoms in total. The monoisotopic (exact) mass is 244 g/mol. The number of hydrogen-bond acceptors (Lipinski definition) is 2. The molecule has 1 atom stereocenters. The lowest BCUT2D eigenvalue weighted by Gasteiger charge is -2.21. The Hall–Kier alpha value is -1.61. The van der Waals surface area contributed by atoms with Crippen molar-refractivity contribution in [3.8, 4) is 5.69 Å². The van der Waals surface area contributed by atoms with Crippen LogP contribution in [-0.2, 0) is 0 Å². The van der Waals surface area contributed by atoms with Crippen molar-refractivity contribution < 1.29 is 5.11 Å². The first kappa shape index (κ1) is 12.8. The van der Waals surface area contributed by atoms with Crippen LogP contribution in [0.4, 0.5) is 0 Å². The van der Waals surface area contributed by atoms with Crippen molar-refractivity contribution in [3.63, 3.8) is 0 Å². The molecule has 0 amide bonds. The molecule has 0 saturated heterocycles. The number of para-hydroxylation sites is 1. The van der Waals surface area contributed by atoms with Crippen LogP contribution in [0.15, 0.2) is 42.7 Å². The second-order valence-corrected chi connectivity index (χ2v) is 5.83. The summed E-state index contributed by atoms with van der Waals surface area (Å²) in [6.45, 7) is 6.37. The van der Waals surface area contributed by atoms with Crippen LogP contribution >= 0.6 is 0 Å². The highest BCUT2D eigenvalue weighted by atomic mass is 16.3. The van der Waals surface area contributed by atoms with Crippen molar-refractivity contribution >= 4 is 0 Å². The molecule has 0 aliphatic rings. The molecule has 18 heavy (non-hydrogen) atoms. The van der Waals surface area contributed by atoms with Gasteiger partial charge in [-0.1, -0.05) is 39.0 Å². The van der Waals surface area contributed by atoms with E-state index in [-0.39, 0.29) is 5.41 Å². The summed E-state index contributed by atoms with van der Waals surface area (Å²) in [6.07, 6.45) is 3.91. The molecule has 0 radical (unpaired) electrons. The largest absolute Gasteiger partial charge is 0.388 e. The Bertz CT molecular complexity index is 497. The van der Waals surface area contributed by atoms with E-state index in [4.69, 9.17) is 0 Å². The molecule has 1 aromatic carbocycles. The minimum atomic E-state index is -0.456. The molecule has 96 valence electrons. The zero-order valence-corrected chi connectivity index (χ0v) is 11.2. The number of rotatable bonds is 3. The Balaban J connectivity index is 2.16. The predicted octanol–water partition coefficient (Wildman–Crippen LogP) is 3.34. The van der Waals surface area contributed by atoms with Crippen LogP contribution in [0.3, 0.4) is 0 Å². The first-order valence-electron chi connectivity index (χ1n) is 6.24. The lowest BCUT2D eigenvalue weighted by molar-refractivity contribution is 0.122. The topological polar surface area (TPSA) is 38.1 Å². The summed E-state index contributed by atoms with van der Waals surface area (Å²) >= 11 is 0. The number of aromatic nitrogens is 2. The molecule has 2 aromatic rings. The van der Waals surface area contributed by atoms with E-state index in [2.05, 4.69) is 25.9 Å². The number of nitrogens with zero attached hydrogens (tertiary/aromatic N) is 2. The second-order valence-electron chi connectivity index (χ2n) is 5.83. The molecule has 1 N–H and O–H groups in total. The second kappa shape index (κ2) is 4.94. The quantitative estimate of drug-likeness (QED) is 0.899. The third-order valence-electron chi connectivity index (χ3n) is 2.81. The van der Waals surface area contributed by atoms with Gasteiger partial charge in [0.05, 0.1) is 18.0 Å². The minimum Gasteiger partial charge on any atom is -0.388 e. The van der Waals surface area contributed by atoms with Crippen LogP contribution in [0.25, 0.3) is 5.69 Å². The highest BCUT2D eigenvalue weighted by molar-refractivity contribution is 5.31. The fourth-order valence-electron chi connectivity index (χ4n) is 1.93. The van der Waals surface area contributed by atoms with Gasteiger partial charge in [0.15, 0.2) is 0 Å². The molecular formula is C15H20N2O. The lowest BCUT2D eigenvalue weighted by atomic mass is 9.88. The van der Waals surface area contributed by atoms with Crippen LogP contribution in [0.2, 0.25) is 0 Å². The van der Waals surface area contributed by atoms with Crippen LogP contribution in [0.1, 0.15) is 38.9 Å². The maximum absolute atomic E-state index is 10.2. The Morgan fingerprint density at radius 3 is 2.50 bits per heavy atom. The summed E-state index contributed by atoms with van der Waals surface area (Å²) < 4.78 is 1.79. The molecule has 0 aliphatic carbocycles. The summed E-state index contributed by atoms with van der Waals surface area (Å²) in [5, 5.41) is 14.5. The summed E-state index contributed by atoms with van der Waals surface area (Å²) in [4.78, 5) is 0. The molecule has 0 spiro atoms. The van der Waals surface area contributed by atoms with Crippen molar-refractivity contribution in [3.05, 3.63) is 48.3 Å². The number of hydrogen-bond donors (Lipinski definition) is 1. The van der Waals surface area contributed by atoms with Crippen molar-refractivity contribution in [1.29, 1.82) is 0 Å². The van der Waals surface area contributed by atoms with Gasteiger partial charge in [-0.15, -0.1) is 0 Å². The van der Waals surface area contributed by atoms with Gasteiger partial charge in [0.25, 0.3) is 0 Å². The fourth-order valence-corrected chi connectivity index (χ4v) is 1.93. The van der Waals surface area contributed by atoms with Crippen LogP contribution in [0, 0.1) is 5.41 Å². The van der Waals surface area contributed by atoms with Crippen molar-refractivity contribution in [2.24, 2.45) is 5.41 Å². The molecule has 0 fully saturated rings. The van der Waals surface area contributed by atoms with Crippen molar-refractivity contribution in [1.82, 2.24) is 9.78 Å². The molecular weight excluding hydrogens is 224 g/mol. The normalized spacial score (nSPS) is 13.6. The van der Waals surface area contributed by atoms with E-state index >= 15 is 0 Å². The van der Waals surface area contributed by atoms with Gasteiger partial charge in [0, 0.05) is 11.8 Å². The van der Waals surface area contributed by atoms with Gasteiger partial charge in [0.2, 0.25) is 0 Å². The van der Waals surface area contributed by atoms with Gasteiger partial charge in [-0.25, -0.2) is 4.68 Å². The van der Waals surface area contributed by atoms with Gasteiger partial charge < -0.3 is 5.11 Å². The average Bonchev–Trinajstić information content (AvgIpc) is 2.77. The molecule has 1 heterocycles. The highest BCUT2D eigenvalue weighted by Crippen LogP contribution is 2.29. The van der Waals surface area contributed by atoms with Gasteiger partial charge in [-0.2, -0.15) is 5.10 Å². The van der Waals surface area contributed by atoms with Crippen molar-refractivity contribution in [2.45, 2.75) is 33.3 Å². The Morgan fingerprint density at radius 1 is 1.22 bits per heavy atom. The molecule has 1 unspecified atom stereocenters. The van der Waals surface area contributed by atoms with Crippen LogP contribution in [-0.4, -0.2) is 14.9 Å². The summed E-state index contributed by atoms with van der Waals surface area (Å²) in [6, 6.07) is 9.91. The van der Waals surface area contributed by atoms with Gasteiger partial charge >= 0.3 is 0 Å². The third-order valence-corrected chi connectivity index (χ3v) is 2.81. The van der Waals surface area contributed by atoms with E-state index < -0.39 is 6.10 Å². The first-order chi connectivity index (χ1) is 8.46. The maximum atomic E-state index is 10.2. The van der Waals surface area contributed by atoms with E-state index in [1.165, 1.54) is 0 Å². The molecule has 0 aliphatic heterocycles. The van der Waals surface area contributed by atoms with Crippen LogP contribution < -0.4 is 0 Å². The summed E-state index contributed by atoms with van der Waals surface area (Å²) in [7, 11) is 0. The molecule has 3 heteroatoms.